The molecule has 0 unspecified atom stereocenters. The maximum atomic E-state index is 13.4. The molecule has 0 bridgehead atoms. The van der Waals surface area contributed by atoms with Gasteiger partial charge in [-0.3, -0.25) is 20.4 Å². The predicted molar refractivity (Wildman–Crippen MR) is 97.2 cm³/mol. The van der Waals surface area contributed by atoms with Crippen LogP contribution in [0.1, 0.15) is 11.1 Å². The minimum Gasteiger partial charge on any atom is -0.268 e. The predicted octanol–water partition coefficient (Wildman–Crippen LogP) is 4.01. The van der Waals surface area contributed by atoms with E-state index in [2.05, 4.69) is 10.9 Å². The maximum Gasteiger partial charge on any atom is 0.262 e. The highest BCUT2D eigenvalue weighted by Crippen LogP contribution is 2.23. The van der Waals surface area contributed by atoms with Crippen molar-refractivity contribution in [1.82, 2.24) is 10.9 Å². The van der Waals surface area contributed by atoms with Gasteiger partial charge in [0.05, 0.1) is 10.0 Å². The summed E-state index contributed by atoms with van der Waals surface area (Å²) in [5.41, 5.74) is 5.33. The minimum atomic E-state index is -0.598. The number of rotatable bonds is 4. The Morgan fingerprint density at radius 3 is 2.16 bits per heavy atom. The van der Waals surface area contributed by atoms with Gasteiger partial charge in [-0.05, 0) is 35.9 Å². The van der Waals surface area contributed by atoms with Gasteiger partial charge >= 0.3 is 0 Å². The topological polar surface area (TPSA) is 58.2 Å². The highest BCUT2D eigenvalue weighted by molar-refractivity contribution is 6.42. The van der Waals surface area contributed by atoms with Crippen molar-refractivity contribution in [2.45, 2.75) is 0 Å². The van der Waals surface area contributed by atoms with Crippen molar-refractivity contribution >= 4 is 47.2 Å². The smallest absolute Gasteiger partial charge is 0.262 e. The fraction of sp³-hybridized carbons (Fsp3) is 0. The second-order valence-electron chi connectivity index (χ2n) is 4.84. The molecule has 0 aliphatic heterocycles. The van der Waals surface area contributed by atoms with Crippen LogP contribution >= 0.6 is 23.2 Å². The largest absolute Gasteiger partial charge is 0.268 e. The Morgan fingerprint density at radius 1 is 0.880 bits per heavy atom. The maximum absolute atomic E-state index is 13.4. The summed E-state index contributed by atoms with van der Waals surface area (Å²) in [6, 6.07) is 10.9. The van der Waals surface area contributed by atoms with Gasteiger partial charge in [0.2, 0.25) is 0 Å². The Bertz CT molecular complexity index is 851. The second-order valence-corrected chi connectivity index (χ2v) is 5.65. The summed E-state index contributed by atoms with van der Waals surface area (Å²) in [4.78, 5) is 23.2. The third kappa shape index (κ3) is 6.06. The van der Waals surface area contributed by atoms with Gasteiger partial charge in [0.1, 0.15) is 5.82 Å². The number of hydrogen-bond acceptors (Lipinski definition) is 2. The molecule has 7 heteroatoms. The summed E-state index contributed by atoms with van der Waals surface area (Å²) in [6.07, 6.45) is 5.16. The quantitative estimate of drug-likeness (QED) is 0.623. The number of hydrogen-bond donors (Lipinski definition) is 2. The van der Waals surface area contributed by atoms with Crippen LogP contribution in [-0.4, -0.2) is 11.8 Å². The lowest BCUT2D eigenvalue weighted by atomic mass is 10.2. The summed E-state index contributed by atoms with van der Waals surface area (Å²) in [6.45, 7) is 0. The van der Waals surface area contributed by atoms with Crippen LogP contribution in [0.5, 0.6) is 0 Å². The van der Waals surface area contributed by atoms with Gasteiger partial charge in [-0.2, -0.15) is 0 Å². The van der Waals surface area contributed by atoms with E-state index < -0.39 is 17.6 Å². The Balaban J connectivity index is 1.85. The normalized spacial score (nSPS) is 11.0. The lowest BCUT2D eigenvalue weighted by Gasteiger charge is -2.02. The van der Waals surface area contributed by atoms with Crippen molar-refractivity contribution < 1.29 is 14.0 Å². The number of halogens is 3. The first-order valence-electron chi connectivity index (χ1n) is 7.11. The lowest BCUT2D eigenvalue weighted by molar-refractivity contribution is -0.123. The Kier molecular flexibility index (Phi) is 6.74. The minimum absolute atomic E-state index is 0.267. The molecule has 2 N–H and O–H groups in total. The number of amides is 2. The molecule has 2 aromatic rings. The molecule has 0 atom stereocenters. The highest BCUT2D eigenvalue weighted by Gasteiger charge is 2.01. The third-order valence-corrected chi connectivity index (χ3v) is 3.74. The van der Waals surface area contributed by atoms with Gasteiger partial charge < -0.3 is 0 Å². The summed E-state index contributed by atoms with van der Waals surface area (Å²) < 4.78 is 13.4. The van der Waals surface area contributed by atoms with Crippen LogP contribution in [0, 0.1) is 5.82 Å². The van der Waals surface area contributed by atoms with E-state index in [1.54, 1.807) is 30.3 Å². The summed E-state index contributed by atoms with van der Waals surface area (Å²) >= 11 is 11.7. The van der Waals surface area contributed by atoms with E-state index in [0.29, 0.717) is 15.6 Å². The summed E-state index contributed by atoms with van der Waals surface area (Å²) in [7, 11) is 0. The van der Waals surface area contributed by atoms with E-state index in [-0.39, 0.29) is 5.56 Å². The zero-order valence-electron chi connectivity index (χ0n) is 12.8. The summed E-state index contributed by atoms with van der Waals surface area (Å²) in [5, 5.41) is 0.785. The van der Waals surface area contributed by atoms with Crippen LogP contribution in [0.15, 0.2) is 54.6 Å². The molecule has 0 aliphatic rings. The molecule has 2 rings (SSSR count). The van der Waals surface area contributed by atoms with E-state index in [9.17, 15) is 14.0 Å². The van der Waals surface area contributed by atoms with Gasteiger partial charge in [0.25, 0.3) is 11.8 Å². The molecule has 0 spiro atoms. The molecular formula is C18H13Cl2FN2O2. The number of nitrogens with one attached hydrogen (secondary N) is 2. The van der Waals surface area contributed by atoms with Crippen molar-refractivity contribution in [3.63, 3.8) is 0 Å². The number of hydrazine groups is 1. The molecule has 0 radical (unpaired) electrons. The Labute approximate surface area is 153 Å². The molecule has 0 heterocycles. The molecular weight excluding hydrogens is 366 g/mol. The van der Waals surface area contributed by atoms with Crippen LogP contribution in [0.4, 0.5) is 4.39 Å². The fourth-order valence-corrected chi connectivity index (χ4v) is 2.08. The molecule has 0 fully saturated rings. The van der Waals surface area contributed by atoms with Crippen molar-refractivity contribution in [2.75, 3.05) is 0 Å². The molecule has 0 saturated carbocycles. The molecule has 0 saturated heterocycles. The third-order valence-electron chi connectivity index (χ3n) is 3.00. The molecule has 25 heavy (non-hydrogen) atoms. The number of carbonyl (C=O) groups is 2. The van der Waals surface area contributed by atoms with Crippen LogP contribution in [0.3, 0.4) is 0 Å². The van der Waals surface area contributed by atoms with E-state index in [4.69, 9.17) is 23.2 Å². The average Bonchev–Trinajstić information content (AvgIpc) is 2.60. The van der Waals surface area contributed by atoms with Gasteiger partial charge in [-0.25, -0.2) is 4.39 Å². The van der Waals surface area contributed by atoms with Gasteiger partial charge in [0.15, 0.2) is 0 Å². The standard InChI is InChI=1S/C18H13Cl2FN2O2/c19-14-8-5-12(11-15(14)20)6-9-17(24)22-23-18(25)10-7-13-3-1-2-4-16(13)21/h1-11H,(H,22,24)(H,23,25)/b9-6+,10-7+. The molecule has 0 aromatic heterocycles. The highest BCUT2D eigenvalue weighted by atomic mass is 35.5. The molecule has 2 aromatic carbocycles. The number of carbonyl (C=O) groups excluding carboxylic acids is 2. The second kappa shape index (κ2) is 9.01. The Morgan fingerprint density at radius 2 is 1.52 bits per heavy atom. The van der Waals surface area contributed by atoms with E-state index in [1.165, 1.54) is 30.4 Å². The van der Waals surface area contributed by atoms with Crippen molar-refractivity contribution in [1.29, 1.82) is 0 Å². The molecule has 2 amide bonds. The lowest BCUT2D eigenvalue weighted by Crippen LogP contribution is -2.39. The number of benzene rings is 2. The average molecular weight is 379 g/mol. The van der Waals surface area contributed by atoms with E-state index in [1.807, 2.05) is 0 Å². The van der Waals surface area contributed by atoms with Crippen LogP contribution in [0.25, 0.3) is 12.2 Å². The Hall–Kier alpha value is -2.63. The first-order valence-corrected chi connectivity index (χ1v) is 7.87. The first-order chi connectivity index (χ1) is 12.0. The van der Waals surface area contributed by atoms with Gasteiger partial charge in [0, 0.05) is 17.7 Å². The van der Waals surface area contributed by atoms with Crippen LogP contribution < -0.4 is 10.9 Å². The van der Waals surface area contributed by atoms with Crippen molar-refractivity contribution in [3.8, 4) is 0 Å². The molecule has 4 nitrogen and oxygen atoms in total. The van der Waals surface area contributed by atoms with Gasteiger partial charge in [-0.1, -0.05) is 47.5 Å². The first kappa shape index (κ1) is 18.7. The summed E-state index contributed by atoms with van der Waals surface area (Å²) in [5.74, 6) is -1.58. The fourth-order valence-electron chi connectivity index (χ4n) is 1.77. The zero-order valence-corrected chi connectivity index (χ0v) is 14.3. The van der Waals surface area contributed by atoms with Crippen molar-refractivity contribution in [3.05, 3.63) is 81.6 Å². The van der Waals surface area contributed by atoms with Crippen LogP contribution in [-0.2, 0) is 9.59 Å². The van der Waals surface area contributed by atoms with Crippen LogP contribution in [0.2, 0.25) is 10.0 Å². The van der Waals surface area contributed by atoms with E-state index in [0.717, 1.165) is 6.08 Å². The van der Waals surface area contributed by atoms with Crippen molar-refractivity contribution in [2.24, 2.45) is 0 Å². The monoisotopic (exact) mass is 378 g/mol. The SMILES string of the molecule is O=C(/C=C/c1ccc(Cl)c(Cl)c1)NNC(=O)/C=C/c1ccccc1F. The van der Waals surface area contributed by atoms with E-state index >= 15 is 0 Å². The zero-order chi connectivity index (χ0) is 18.2. The molecule has 0 aliphatic carbocycles. The molecule has 128 valence electrons. The van der Waals surface area contributed by atoms with Gasteiger partial charge in [-0.15, -0.1) is 0 Å².